The van der Waals surface area contributed by atoms with Crippen molar-refractivity contribution in [3.05, 3.63) is 63.1 Å². The number of nitrogens with one attached hydrogen (secondary N) is 1. The lowest BCUT2D eigenvalue weighted by molar-refractivity contribution is 0.303. The number of hydrogen-bond donors (Lipinski definition) is 1. The molecule has 1 aliphatic rings. The topological polar surface area (TPSA) is 21.3 Å². The zero-order chi connectivity index (χ0) is 14.8. The van der Waals surface area contributed by atoms with Crippen LogP contribution in [0.25, 0.3) is 0 Å². The van der Waals surface area contributed by atoms with Gasteiger partial charge < -0.3 is 10.1 Å². The Morgan fingerprint density at radius 1 is 1.19 bits per heavy atom. The van der Waals surface area contributed by atoms with Gasteiger partial charge in [-0.2, -0.15) is 0 Å². The minimum absolute atomic E-state index is 0.438. The van der Waals surface area contributed by atoms with E-state index in [-0.39, 0.29) is 0 Å². The zero-order valence-electron chi connectivity index (χ0n) is 11.8. The molecule has 1 unspecified atom stereocenters. The van der Waals surface area contributed by atoms with Gasteiger partial charge in [0.25, 0.3) is 0 Å². The molecule has 1 N–H and O–H groups in total. The summed E-state index contributed by atoms with van der Waals surface area (Å²) in [5.74, 6) is 0.969. The van der Waals surface area contributed by atoms with Crippen molar-refractivity contribution in [1.82, 2.24) is 5.32 Å². The molecule has 0 aliphatic heterocycles. The van der Waals surface area contributed by atoms with E-state index in [2.05, 4.69) is 17.4 Å². The smallest absolute Gasteiger partial charge is 0.123 e. The predicted octanol–water partition coefficient (Wildman–Crippen LogP) is 4.78. The Balaban J connectivity index is 1.77. The molecule has 110 valence electrons. The van der Waals surface area contributed by atoms with Crippen molar-refractivity contribution in [2.24, 2.45) is 0 Å². The van der Waals surface area contributed by atoms with E-state index in [1.165, 1.54) is 11.1 Å². The van der Waals surface area contributed by atoms with Crippen LogP contribution < -0.4 is 10.1 Å². The Labute approximate surface area is 135 Å². The highest BCUT2D eigenvalue weighted by Crippen LogP contribution is 2.37. The van der Waals surface area contributed by atoms with Crippen LogP contribution in [0.5, 0.6) is 5.75 Å². The van der Waals surface area contributed by atoms with Crippen LogP contribution in [0.15, 0.2) is 36.4 Å². The molecule has 0 fully saturated rings. The van der Waals surface area contributed by atoms with Crippen molar-refractivity contribution in [3.63, 3.8) is 0 Å². The number of rotatable bonds is 4. The summed E-state index contributed by atoms with van der Waals surface area (Å²) in [6, 6.07) is 12.3. The predicted molar refractivity (Wildman–Crippen MR) is 87.4 cm³/mol. The van der Waals surface area contributed by atoms with Crippen molar-refractivity contribution < 1.29 is 4.74 Å². The quantitative estimate of drug-likeness (QED) is 0.875. The third-order valence-electron chi connectivity index (χ3n) is 3.95. The van der Waals surface area contributed by atoms with Crippen molar-refractivity contribution in [2.75, 3.05) is 7.05 Å². The summed E-state index contributed by atoms with van der Waals surface area (Å²) in [5, 5.41) is 4.48. The molecule has 0 heterocycles. The Morgan fingerprint density at radius 2 is 2.05 bits per heavy atom. The van der Waals surface area contributed by atoms with Crippen molar-refractivity contribution in [1.29, 1.82) is 0 Å². The van der Waals surface area contributed by atoms with Crippen LogP contribution in [0.3, 0.4) is 0 Å². The normalized spacial score (nSPS) is 16.8. The summed E-state index contributed by atoms with van der Waals surface area (Å²) in [5.41, 5.74) is 3.69. The molecule has 2 aromatic rings. The lowest BCUT2D eigenvalue weighted by Crippen LogP contribution is -2.12. The van der Waals surface area contributed by atoms with Gasteiger partial charge in [-0.05, 0) is 54.8 Å². The Bertz CT molecular complexity index is 657. The standard InChI is InChI=1S/C17H17Cl2NO/c1-20-16-8-6-13-12(16)3-2-4-17(13)21-10-11-5-7-14(18)15(19)9-11/h2-5,7,9,16,20H,6,8,10H2,1H3. The zero-order valence-corrected chi connectivity index (χ0v) is 13.3. The van der Waals surface area contributed by atoms with E-state index in [0.29, 0.717) is 22.7 Å². The minimum Gasteiger partial charge on any atom is -0.489 e. The maximum Gasteiger partial charge on any atom is 0.123 e. The van der Waals surface area contributed by atoms with E-state index in [1.807, 2.05) is 25.2 Å². The van der Waals surface area contributed by atoms with Crippen molar-refractivity contribution in [3.8, 4) is 5.75 Å². The minimum atomic E-state index is 0.438. The molecule has 0 saturated carbocycles. The number of benzene rings is 2. The fourth-order valence-electron chi connectivity index (χ4n) is 2.85. The fourth-order valence-corrected chi connectivity index (χ4v) is 3.17. The second kappa shape index (κ2) is 6.27. The molecular weight excluding hydrogens is 305 g/mol. The van der Waals surface area contributed by atoms with Gasteiger partial charge >= 0.3 is 0 Å². The molecule has 3 rings (SSSR count). The molecule has 0 amide bonds. The first-order chi connectivity index (χ1) is 10.2. The highest BCUT2D eigenvalue weighted by molar-refractivity contribution is 6.42. The van der Waals surface area contributed by atoms with Gasteiger partial charge in [-0.25, -0.2) is 0 Å². The van der Waals surface area contributed by atoms with Crippen LogP contribution in [0, 0.1) is 0 Å². The van der Waals surface area contributed by atoms with Gasteiger partial charge in [0.1, 0.15) is 12.4 Å². The first-order valence-corrected chi connectivity index (χ1v) is 7.80. The molecule has 0 bridgehead atoms. The number of ether oxygens (including phenoxy) is 1. The summed E-state index contributed by atoms with van der Waals surface area (Å²) in [6.07, 6.45) is 2.18. The number of fused-ring (bicyclic) bond motifs is 1. The van der Waals surface area contributed by atoms with Gasteiger partial charge in [-0.1, -0.05) is 41.4 Å². The van der Waals surface area contributed by atoms with E-state index >= 15 is 0 Å². The van der Waals surface area contributed by atoms with Gasteiger partial charge in [0, 0.05) is 6.04 Å². The van der Waals surface area contributed by atoms with Gasteiger partial charge in [-0.15, -0.1) is 0 Å². The van der Waals surface area contributed by atoms with Crippen molar-refractivity contribution in [2.45, 2.75) is 25.5 Å². The number of halogens is 2. The summed E-state index contributed by atoms with van der Waals surface area (Å²) >= 11 is 12.0. The third kappa shape index (κ3) is 3.03. The van der Waals surface area contributed by atoms with Gasteiger partial charge in [0.2, 0.25) is 0 Å². The van der Waals surface area contributed by atoms with Crippen LogP contribution in [0.4, 0.5) is 0 Å². The summed E-state index contributed by atoms with van der Waals surface area (Å²) in [4.78, 5) is 0. The molecule has 21 heavy (non-hydrogen) atoms. The largest absolute Gasteiger partial charge is 0.489 e. The highest BCUT2D eigenvalue weighted by Gasteiger charge is 2.23. The average molecular weight is 322 g/mol. The first kappa shape index (κ1) is 14.7. The Kier molecular flexibility index (Phi) is 4.39. The third-order valence-corrected chi connectivity index (χ3v) is 4.69. The van der Waals surface area contributed by atoms with Crippen molar-refractivity contribution >= 4 is 23.2 Å². The molecule has 1 atom stereocenters. The second-order valence-corrected chi connectivity index (χ2v) is 6.06. The monoisotopic (exact) mass is 321 g/mol. The highest BCUT2D eigenvalue weighted by atomic mass is 35.5. The van der Waals surface area contributed by atoms with E-state index in [9.17, 15) is 0 Å². The molecule has 0 spiro atoms. The fraction of sp³-hybridized carbons (Fsp3) is 0.294. The van der Waals surface area contributed by atoms with E-state index in [1.54, 1.807) is 6.07 Å². The molecular formula is C17H17Cl2NO. The average Bonchev–Trinajstić information content (AvgIpc) is 2.92. The Hall–Kier alpha value is -1.22. The molecule has 2 nitrogen and oxygen atoms in total. The van der Waals surface area contributed by atoms with E-state index in [4.69, 9.17) is 27.9 Å². The van der Waals surface area contributed by atoms with Crippen LogP contribution in [-0.4, -0.2) is 7.05 Å². The lowest BCUT2D eigenvalue weighted by Gasteiger charge is -2.13. The summed E-state index contributed by atoms with van der Waals surface area (Å²) < 4.78 is 5.99. The van der Waals surface area contributed by atoms with Crippen LogP contribution in [0.2, 0.25) is 10.0 Å². The van der Waals surface area contributed by atoms with Crippen LogP contribution in [-0.2, 0) is 13.0 Å². The molecule has 4 heteroatoms. The molecule has 0 radical (unpaired) electrons. The lowest BCUT2D eigenvalue weighted by atomic mass is 10.1. The second-order valence-electron chi connectivity index (χ2n) is 5.24. The molecule has 1 aliphatic carbocycles. The van der Waals surface area contributed by atoms with Crippen LogP contribution in [0.1, 0.15) is 29.2 Å². The molecule has 0 aromatic heterocycles. The van der Waals surface area contributed by atoms with E-state index < -0.39 is 0 Å². The first-order valence-electron chi connectivity index (χ1n) is 7.05. The van der Waals surface area contributed by atoms with Gasteiger partial charge in [0.05, 0.1) is 10.0 Å². The van der Waals surface area contributed by atoms with Crippen LogP contribution >= 0.6 is 23.2 Å². The van der Waals surface area contributed by atoms with E-state index in [0.717, 1.165) is 24.2 Å². The maximum atomic E-state index is 6.03. The SMILES string of the molecule is CNC1CCc2c(OCc3ccc(Cl)c(Cl)c3)cccc21. The summed E-state index contributed by atoms with van der Waals surface area (Å²) in [6.45, 7) is 0.498. The maximum absolute atomic E-state index is 6.03. The number of hydrogen-bond acceptors (Lipinski definition) is 2. The van der Waals surface area contributed by atoms with Gasteiger partial charge in [0.15, 0.2) is 0 Å². The Morgan fingerprint density at radius 3 is 2.81 bits per heavy atom. The van der Waals surface area contributed by atoms with Gasteiger partial charge in [-0.3, -0.25) is 0 Å². The summed E-state index contributed by atoms with van der Waals surface area (Å²) in [7, 11) is 2.00. The molecule has 2 aromatic carbocycles. The molecule has 0 saturated heterocycles.